The Bertz CT molecular complexity index is 1050. The predicted octanol–water partition coefficient (Wildman–Crippen LogP) is 3.80. The Balaban J connectivity index is 1.31. The summed E-state index contributed by atoms with van der Waals surface area (Å²) < 4.78 is 11.3. The number of rotatable bonds is 8. The van der Waals surface area contributed by atoms with Crippen molar-refractivity contribution in [3.63, 3.8) is 0 Å². The molecule has 1 aliphatic rings. The molecule has 0 bridgehead atoms. The molecule has 0 saturated heterocycles. The summed E-state index contributed by atoms with van der Waals surface area (Å²) in [5.74, 6) is 0.996. The maximum Gasteiger partial charge on any atom is 0.269 e. The van der Waals surface area contributed by atoms with Gasteiger partial charge >= 0.3 is 0 Å². The van der Waals surface area contributed by atoms with Crippen molar-refractivity contribution in [1.29, 1.82) is 0 Å². The number of aromatic nitrogens is 1. The Kier molecular flexibility index (Phi) is 6.42. The van der Waals surface area contributed by atoms with E-state index in [1.165, 1.54) is 0 Å². The van der Waals surface area contributed by atoms with E-state index in [0.29, 0.717) is 36.8 Å². The first kappa shape index (κ1) is 20.4. The summed E-state index contributed by atoms with van der Waals surface area (Å²) in [4.78, 5) is 21.9. The highest BCUT2D eigenvalue weighted by Gasteiger charge is 2.27. The second-order valence-corrected chi connectivity index (χ2v) is 7.06. The molecule has 1 amide bonds. The van der Waals surface area contributed by atoms with Crippen LogP contribution in [0.4, 0.5) is 0 Å². The van der Waals surface area contributed by atoms with E-state index in [9.17, 15) is 4.79 Å². The van der Waals surface area contributed by atoms with E-state index >= 15 is 0 Å². The highest BCUT2D eigenvalue weighted by atomic mass is 16.6. The van der Waals surface area contributed by atoms with Crippen molar-refractivity contribution in [2.75, 3.05) is 7.11 Å². The number of amides is 1. The van der Waals surface area contributed by atoms with Crippen molar-refractivity contribution < 1.29 is 19.1 Å². The maximum absolute atomic E-state index is 12.5. The molecular weight excluding hydrogens is 394 g/mol. The quantitative estimate of drug-likeness (QED) is 0.603. The molecule has 1 atom stereocenters. The van der Waals surface area contributed by atoms with Crippen molar-refractivity contribution >= 4 is 11.6 Å². The summed E-state index contributed by atoms with van der Waals surface area (Å²) >= 11 is 0. The monoisotopic (exact) mass is 417 g/mol. The van der Waals surface area contributed by atoms with Gasteiger partial charge in [-0.1, -0.05) is 41.6 Å². The van der Waals surface area contributed by atoms with Gasteiger partial charge in [-0.15, -0.1) is 0 Å². The maximum atomic E-state index is 12.5. The molecule has 2 aromatic carbocycles. The van der Waals surface area contributed by atoms with Gasteiger partial charge in [-0.3, -0.25) is 9.78 Å². The molecule has 0 radical (unpaired) electrons. The van der Waals surface area contributed by atoms with Gasteiger partial charge in [0.05, 0.1) is 7.11 Å². The van der Waals surface area contributed by atoms with Crippen molar-refractivity contribution in [3.8, 4) is 11.5 Å². The second kappa shape index (κ2) is 9.75. The Morgan fingerprint density at radius 3 is 2.65 bits per heavy atom. The number of carbonyl (C=O) groups excluding carboxylic acids is 1. The predicted molar refractivity (Wildman–Crippen MR) is 116 cm³/mol. The zero-order valence-corrected chi connectivity index (χ0v) is 17.2. The minimum Gasteiger partial charge on any atom is -0.493 e. The van der Waals surface area contributed by atoms with Gasteiger partial charge in [0.25, 0.3) is 5.91 Å². The third-order valence-electron chi connectivity index (χ3n) is 4.93. The molecule has 1 aromatic heterocycles. The van der Waals surface area contributed by atoms with Crippen LogP contribution in [0.15, 0.2) is 78.2 Å². The van der Waals surface area contributed by atoms with Crippen molar-refractivity contribution in [2.45, 2.75) is 25.7 Å². The fraction of sp³-hybridized carbons (Fsp3) is 0.208. The van der Waals surface area contributed by atoms with Crippen LogP contribution in [0.3, 0.4) is 0 Å². The van der Waals surface area contributed by atoms with Crippen LogP contribution in [0.25, 0.3) is 0 Å². The average molecular weight is 417 g/mol. The number of oxime groups is 1. The number of nitrogens with one attached hydrogen (secondary N) is 1. The number of hydrogen-bond acceptors (Lipinski definition) is 6. The molecule has 4 rings (SSSR count). The number of carbonyl (C=O) groups is 1. The smallest absolute Gasteiger partial charge is 0.269 e. The zero-order chi connectivity index (χ0) is 21.5. The third-order valence-corrected chi connectivity index (χ3v) is 4.93. The molecule has 7 heteroatoms. The summed E-state index contributed by atoms with van der Waals surface area (Å²) in [5.41, 5.74) is 3.29. The van der Waals surface area contributed by atoms with E-state index < -0.39 is 0 Å². The Morgan fingerprint density at radius 1 is 1.06 bits per heavy atom. The Hall–Kier alpha value is -3.87. The van der Waals surface area contributed by atoms with Gasteiger partial charge in [-0.05, 0) is 41.0 Å². The topological polar surface area (TPSA) is 82.0 Å². The summed E-state index contributed by atoms with van der Waals surface area (Å²) in [6.45, 7) is 0.756. The van der Waals surface area contributed by atoms with Gasteiger partial charge in [0.2, 0.25) is 0 Å². The number of ether oxygens (including phenoxy) is 2. The molecule has 3 aromatic rings. The SMILES string of the molecule is COc1cc(CNC(=O)C2=NOC(c3ccccc3)C2)ccc1OCc1ccncc1. The number of pyridine rings is 1. The van der Waals surface area contributed by atoms with E-state index in [2.05, 4.69) is 15.5 Å². The standard InChI is InChI=1S/C24H23N3O4/c1-29-23-13-18(7-8-21(23)30-16-17-9-11-25-12-10-17)15-26-24(28)20-14-22(31-27-20)19-5-3-2-4-6-19/h2-13,22H,14-16H2,1H3,(H,26,28). The first-order valence-electron chi connectivity index (χ1n) is 9.97. The largest absolute Gasteiger partial charge is 0.493 e. The molecule has 1 aliphatic heterocycles. The number of hydrogen-bond donors (Lipinski definition) is 1. The molecular formula is C24H23N3O4. The average Bonchev–Trinajstić information content (AvgIpc) is 3.33. The highest BCUT2D eigenvalue weighted by Crippen LogP contribution is 2.29. The van der Waals surface area contributed by atoms with E-state index in [-0.39, 0.29) is 12.0 Å². The van der Waals surface area contributed by atoms with Crippen LogP contribution in [0, 0.1) is 0 Å². The van der Waals surface area contributed by atoms with E-state index in [1.807, 2.05) is 60.7 Å². The van der Waals surface area contributed by atoms with Crippen molar-refractivity contribution in [3.05, 3.63) is 89.7 Å². The number of methoxy groups -OCH3 is 1. The van der Waals surface area contributed by atoms with Crippen LogP contribution >= 0.6 is 0 Å². The molecule has 0 spiro atoms. The lowest BCUT2D eigenvalue weighted by Gasteiger charge is -2.13. The van der Waals surface area contributed by atoms with Crippen LogP contribution in [-0.2, 0) is 22.8 Å². The van der Waals surface area contributed by atoms with Gasteiger partial charge < -0.3 is 19.6 Å². The van der Waals surface area contributed by atoms with E-state index in [4.69, 9.17) is 14.3 Å². The Labute approximate surface area is 180 Å². The first-order chi connectivity index (χ1) is 15.2. The van der Waals surface area contributed by atoms with Gasteiger partial charge in [0, 0.05) is 25.4 Å². The Morgan fingerprint density at radius 2 is 1.87 bits per heavy atom. The summed E-state index contributed by atoms with van der Waals surface area (Å²) in [7, 11) is 1.59. The normalized spacial score (nSPS) is 15.0. The van der Waals surface area contributed by atoms with Crippen molar-refractivity contribution in [2.24, 2.45) is 5.16 Å². The minimum absolute atomic E-state index is 0.223. The van der Waals surface area contributed by atoms with E-state index in [1.54, 1.807) is 19.5 Å². The van der Waals surface area contributed by atoms with Crippen molar-refractivity contribution in [1.82, 2.24) is 10.3 Å². The molecule has 7 nitrogen and oxygen atoms in total. The van der Waals surface area contributed by atoms with Crippen LogP contribution < -0.4 is 14.8 Å². The third kappa shape index (κ3) is 5.19. The molecule has 158 valence electrons. The summed E-state index contributed by atoms with van der Waals surface area (Å²) in [5, 5.41) is 6.85. The number of nitrogens with zero attached hydrogens (tertiary/aromatic N) is 2. The molecule has 1 unspecified atom stereocenters. The molecule has 31 heavy (non-hydrogen) atoms. The molecule has 2 heterocycles. The van der Waals surface area contributed by atoms with Crippen LogP contribution in [0.1, 0.15) is 29.2 Å². The fourth-order valence-corrected chi connectivity index (χ4v) is 3.22. The first-order valence-corrected chi connectivity index (χ1v) is 9.97. The lowest BCUT2D eigenvalue weighted by atomic mass is 10.0. The van der Waals surface area contributed by atoms with Crippen LogP contribution in [0.5, 0.6) is 11.5 Å². The molecule has 1 N–H and O–H groups in total. The van der Waals surface area contributed by atoms with Gasteiger partial charge in [0.15, 0.2) is 17.6 Å². The molecule has 0 aliphatic carbocycles. The highest BCUT2D eigenvalue weighted by molar-refractivity contribution is 6.39. The summed E-state index contributed by atoms with van der Waals surface area (Å²) in [6, 6.07) is 19.1. The van der Waals surface area contributed by atoms with Crippen LogP contribution in [0.2, 0.25) is 0 Å². The van der Waals surface area contributed by atoms with Crippen LogP contribution in [-0.4, -0.2) is 23.7 Å². The zero-order valence-electron chi connectivity index (χ0n) is 17.2. The van der Waals surface area contributed by atoms with Gasteiger partial charge in [-0.25, -0.2) is 0 Å². The lowest BCUT2D eigenvalue weighted by molar-refractivity contribution is -0.115. The fourth-order valence-electron chi connectivity index (χ4n) is 3.22. The molecule has 0 fully saturated rings. The molecule has 0 saturated carbocycles. The van der Waals surface area contributed by atoms with Gasteiger partial charge in [0.1, 0.15) is 12.3 Å². The minimum atomic E-state index is -0.240. The summed E-state index contributed by atoms with van der Waals surface area (Å²) in [6.07, 6.45) is 3.67. The van der Waals surface area contributed by atoms with Gasteiger partial charge in [-0.2, -0.15) is 0 Å². The lowest BCUT2D eigenvalue weighted by Crippen LogP contribution is -2.29. The number of benzene rings is 2. The van der Waals surface area contributed by atoms with E-state index in [0.717, 1.165) is 16.7 Å². The second-order valence-electron chi connectivity index (χ2n) is 7.06.